The van der Waals surface area contributed by atoms with E-state index in [1.54, 1.807) is 0 Å². The third kappa shape index (κ3) is 2.60. The van der Waals surface area contributed by atoms with Gasteiger partial charge in [0.15, 0.2) is 0 Å². The van der Waals surface area contributed by atoms with E-state index in [9.17, 15) is 28.1 Å². The minimum absolute atomic E-state index is 0.0376. The summed E-state index contributed by atoms with van der Waals surface area (Å²) in [7, 11) is 0. The van der Waals surface area contributed by atoms with Crippen molar-refractivity contribution in [2.75, 3.05) is 4.90 Å². The number of carbonyl (C=O) groups is 1. The van der Waals surface area contributed by atoms with Crippen LogP contribution >= 0.6 is 0 Å². The number of hydrogen-bond donors (Lipinski definition) is 0. The monoisotopic (exact) mass is 323 g/mol. The van der Waals surface area contributed by atoms with Gasteiger partial charge in [0.25, 0.3) is 5.69 Å². The highest BCUT2D eigenvalue weighted by molar-refractivity contribution is 6.06. The topological polar surface area (TPSA) is 76.3 Å². The van der Waals surface area contributed by atoms with Gasteiger partial charge in [-0.05, 0) is 23.8 Å². The first-order chi connectivity index (χ1) is 10.8. The Morgan fingerprint density at radius 3 is 2.52 bits per heavy atom. The Labute approximate surface area is 127 Å². The van der Waals surface area contributed by atoms with Crippen molar-refractivity contribution in [1.29, 1.82) is 0 Å². The zero-order valence-corrected chi connectivity index (χ0v) is 11.4. The lowest BCUT2D eigenvalue weighted by Crippen LogP contribution is -2.22. The highest BCUT2D eigenvalue weighted by Crippen LogP contribution is 2.37. The van der Waals surface area contributed by atoms with Crippen LogP contribution in [0.5, 0.6) is 0 Å². The standard InChI is InChI=1S/C14H8F3N3O3/c15-14(16,17)9-1-4-12(18-7-9)19-11-3-2-10(20(22)23)5-8(11)6-13(19)21/h1-5,7H,6H2. The van der Waals surface area contributed by atoms with Crippen molar-refractivity contribution < 1.29 is 22.9 Å². The number of alkyl halides is 3. The molecule has 2 aromatic rings. The van der Waals surface area contributed by atoms with E-state index in [1.807, 2.05) is 0 Å². The van der Waals surface area contributed by atoms with E-state index in [0.29, 0.717) is 17.4 Å². The SMILES string of the molecule is O=C1Cc2cc([N+](=O)[O-])ccc2N1c1ccc(C(F)(F)F)cn1. The number of nitro groups is 1. The van der Waals surface area contributed by atoms with Crippen LogP contribution in [0.25, 0.3) is 0 Å². The summed E-state index contributed by atoms with van der Waals surface area (Å²) in [4.78, 5) is 27.1. The van der Waals surface area contributed by atoms with Crippen LogP contribution in [-0.4, -0.2) is 15.8 Å². The molecule has 0 saturated carbocycles. The molecule has 0 atom stereocenters. The second-order valence-electron chi connectivity index (χ2n) is 4.88. The van der Waals surface area contributed by atoms with Crippen molar-refractivity contribution >= 4 is 23.1 Å². The predicted octanol–water partition coefficient (Wildman–Crippen LogP) is 3.23. The zero-order chi connectivity index (χ0) is 16.8. The number of amides is 1. The molecule has 1 aromatic heterocycles. The molecule has 0 saturated heterocycles. The quantitative estimate of drug-likeness (QED) is 0.628. The molecular formula is C14H8F3N3O3. The van der Waals surface area contributed by atoms with E-state index < -0.39 is 22.6 Å². The number of aromatic nitrogens is 1. The molecule has 0 unspecified atom stereocenters. The van der Waals surface area contributed by atoms with E-state index in [2.05, 4.69) is 4.98 Å². The maximum atomic E-state index is 12.5. The number of nitro benzene ring substituents is 1. The molecule has 0 bridgehead atoms. The van der Waals surface area contributed by atoms with Crippen molar-refractivity contribution in [3.63, 3.8) is 0 Å². The molecule has 1 aliphatic heterocycles. The Hall–Kier alpha value is -2.97. The molecule has 0 fully saturated rings. The van der Waals surface area contributed by atoms with Crippen molar-refractivity contribution in [1.82, 2.24) is 4.98 Å². The Balaban J connectivity index is 1.99. The van der Waals surface area contributed by atoms with Gasteiger partial charge < -0.3 is 0 Å². The van der Waals surface area contributed by atoms with E-state index in [4.69, 9.17) is 0 Å². The highest BCUT2D eigenvalue weighted by atomic mass is 19.4. The second-order valence-corrected chi connectivity index (χ2v) is 4.88. The van der Waals surface area contributed by atoms with Crippen LogP contribution in [-0.2, 0) is 17.4 Å². The number of fused-ring (bicyclic) bond motifs is 1. The molecule has 118 valence electrons. The van der Waals surface area contributed by atoms with Gasteiger partial charge in [0, 0.05) is 18.3 Å². The third-order valence-corrected chi connectivity index (χ3v) is 3.41. The van der Waals surface area contributed by atoms with Crippen LogP contribution in [0.15, 0.2) is 36.5 Å². The number of halogens is 3. The molecule has 1 aromatic carbocycles. The van der Waals surface area contributed by atoms with Gasteiger partial charge in [0.2, 0.25) is 5.91 Å². The average Bonchev–Trinajstić information content (AvgIpc) is 2.81. The largest absolute Gasteiger partial charge is 0.417 e. The van der Waals surface area contributed by atoms with Gasteiger partial charge in [-0.25, -0.2) is 4.98 Å². The minimum atomic E-state index is -4.51. The van der Waals surface area contributed by atoms with E-state index in [0.717, 1.165) is 17.0 Å². The van der Waals surface area contributed by atoms with Gasteiger partial charge in [-0.3, -0.25) is 19.8 Å². The number of pyridine rings is 1. The Morgan fingerprint density at radius 1 is 1.22 bits per heavy atom. The van der Waals surface area contributed by atoms with Gasteiger partial charge in [-0.1, -0.05) is 0 Å². The Bertz CT molecular complexity index is 803. The number of anilines is 2. The fourth-order valence-electron chi connectivity index (χ4n) is 2.36. The fourth-order valence-corrected chi connectivity index (χ4v) is 2.36. The predicted molar refractivity (Wildman–Crippen MR) is 73.2 cm³/mol. The normalized spacial score (nSPS) is 14.0. The zero-order valence-electron chi connectivity index (χ0n) is 11.4. The minimum Gasteiger partial charge on any atom is -0.274 e. The molecule has 0 spiro atoms. The molecule has 0 radical (unpaired) electrons. The van der Waals surface area contributed by atoms with Crippen LogP contribution in [0.3, 0.4) is 0 Å². The lowest BCUT2D eigenvalue weighted by Gasteiger charge is -2.17. The number of non-ortho nitro benzene ring substituents is 1. The third-order valence-electron chi connectivity index (χ3n) is 3.41. The summed E-state index contributed by atoms with van der Waals surface area (Å²) in [6.07, 6.45) is -3.94. The highest BCUT2D eigenvalue weighted by Gasteiger charge is 2.33. The van der Waals surface area contributed by atoms with E-state index in [1.165, 1.54) is 18.2 Å². The summed E-state index contributed by atoms with van der Waals surface area (Å²) < 4.78 is 37.6. The molecule has 0 aliphatic carbocycles. The van der Waals surface area contributed by atoms with E-state index in [-0.39, 0.29) is 17.9 Å². The Kier molecular flexibility index (Phi) is 3.28. The number of rotatable bonds is 2. The van der Waals surface area contributed by atoms with Crippen molar-refractivity contribution in [2.24, 2.45) is 0 Å². The van der Waals surface area contributed by atoms with Crippen LogP contribution in [0, 0.1) is 10.1 Å². The van der Waals surface area contributed by atoms with Gasteiger partial charge in [0.05, 0.1) is 22.6 Å². The van der Waals surface area contributed by atoms with Crippen LogP contribution in [0.1, 0.15) is 11.1 Å². The molecule has 2 heterocycles. The number of nitrogens with zero attached hydrogens (tertiary/aromatic N) is 3. The summed E-state index contributed by atoms with van der Waals surface area (Å²) in [6.45, 7) is 0. The number of benzene rings is 1. The molecule has 23 heavy (non-hydrogen) atoms. The fraction of sp³-hybridized carbons (Fsp3) is 0.143. The molecule has 0 N–H and O–H groups in total. The molecule has 9 heteroatoms. The first kappa shape index (κ1) is 14.9. The van der Waals surface area contributed by atoms with Crippen LogP contribution in [0.4, 0.5) is 30.4 Å². The molecule has 1 aliphatic rings. The maximum Gasteiger partial charge on any atom is 0.417 e. The van der Waals surface area contributed by atoms with Gasteiger partial charge in [0.1, 0.15) is 5.82 Å². The molecular weight excluding hydrogens is 315 g/mol. The average molecular weight is 323 g/mol. The van der Waals surface area contributed by atoms with E-state index >= 15 is 0 Å². The van der Waals surface area contributed by atoms with Crippen molar-refractivity contribution in [3.8, 4) is 0 Å². The van der Waals surface area contributed by atoms with Crippen molar-refractivity contribution in [3.05, 3.63) is 57.8 Å². The first-order valence-electron chi connectivity index (χ1n) is 6.41. The van der Waals surface area contributed by atoms with Gasteiger partial charge in [-0.2, -0.15) is 13.2 Å². The summed E-state index contributed by atoms with van der Waals surface area (Å²) in [5, 5.41) is 10.8. The van der Waals surface area contributed by atoms with Gasteiger partial charge in [-0.15, -0.1) is 0 Å². The first-order valence-corrected chi connectivity index (χ1v) is 6.41. The lowest BCUT2D eigenvalue weighted by atomic mass is 10.1. The summed E-state index contributed by atoms with van der Waals surface area (Å²) >= 11 is 0. The molecule has 1 amide bonds. The second kappa shape index (κ2) is 5.04. The van der Waals surface area contributed by atoms with Gasteiger partial charge >= 0.3 is 6.18 Å². The molecule has 3 rings (SSSR count). The lowest BCUT2D eigenvalue weighted by molar-refractivity contribution is -0.384. The summed E-state index contributed by atoms with van der Waals surface area (Å²) in [5.74, 6) is -0.372. The van der Waals surface area contributed by atoms with Crippen LogP contribution in [0.2, 0.25) is 0 Å². The van der Waals surface area contributed by atoms with Crippen LogP contribution < -0.4 is 4.90 Å². The number of carbonyl (C=O) groups excluding carboxylic acids is 1. The summed E-state index contributed by atoms with van der Waals surface area (Å²) in [5.41, 5.74) is -0.255. The maximum absolute atomic E-state index is 12.5. The Morgan fingerprint density at radius 2 is 1.96 bits per heavy atom. The van der Waals surface area contributed by atoms with Crippen molar-refractivity contribution in [2.45, 2.75) is 12.6 Å². The smallest absolute Gasteiger partial charge is 0.274 e. The number of hydrogen-bond acceptors (Lipinski definition) is 4. The molecule has 6 nitrogen and oxygen atoms in total. The summed E-state index contributed by atoms with van der Waals surface area (Å²) in [6, 6.07) is 5.82.